The summed E-state index contributed by atoms with van der Waals surface area (Å²) in [5, 5.41) is 5.53. The number of likely N-dealkylation sites (N-methyl/N-ethyl adjacent to an activating group) is 1. The third kappa shape index (κ3) is 6.85. The fourth-order valence-electron chi connectivity index (χ4n) is 5.99. The Labute approximate surface area is 255 Å². The lowest BCUT2D eigenvalue weighted by Crippen LogP contribution is -2.52. The molecule has 0 unspecified atom stereocenters. The minimum Gasteiger partial charge on any atom is -0.494 e. The molecule has 43 heavy (non-hydrogen) atoms. The Morgan fingerprint density at radius 3 is 2.28 bits per heavy atom. The highest BCUT2D eigenvalue weighted by molar-refractivity contribution is 7.89. The number of methoxy groups -OCH3 is 1. The van der Waals surface area contributed by atoms with E-state index >= 15 is 0 Å². The maximum Gasteiger partial charge on any atom is 0.240 e. The van der Waals surface area contributed by atoms with Crippen LogP contribution in [0.3, 0.4) is 0 Å². The van der Waals surface area contributed by atoms with Crippen molar-refractivity contribution in [2.45, 2.75) is 43.7 Å². The number of benzene rings is 2. The van der Waals surface area contributed by atoms with Gasteiger partial charge in [-0.25, -0.2) is 23.5 Å². The molecule has 5 rings (SSSR count). The normalized spacial score (nSPS) is 17.3. The molecule has 2 fully saturated rings. The summed E-state index contributed by atoms with van der Waals surface area (Å²) in [6.45, 7) is 10.5. The molecule has 0 bridgehead atoms. The molecule has 3 aromatic rings. The van der Waals surface area contributed by atoms with E-state index in [1.165, 1.54) is 12.4 Å². The van der Waals surface area contributed by atoms with E-state index in [1.807, 2.05) is 31.9 Å². The number of hydrogen-bond acceptors (Lipinski definition) is 11. The Kier molecular flexibility index (Phi) is 9.35. The van der Waals surface area contributed by atoms with Crippen LogP contribution in [0.1, 0.15) is 26.7 Å². The number of nitrogens with two attached hydrogens (primary N) is 1. The molecule has 232 valence electrons. The molecule has 0 spiro atoms. The van der Waals surface area contributed by atoms with Crippen LogP contribution < -0.4 is 24.6 Å². The molecular weight excluding hydrogens is 566 g/mol. The van der Waals surface area contributed by atoms with Gasteiger partial charge in [0.2, 0.25) is 21.9 Å². The average Bonchev–Trinajstić information content (AvgIpc) is 3.01. The number of piperidine rings is 1. The molecule has 0 aliphatic carbocycles. The number of rotatable bonds is 9. The van der Waals surface area contributed by atoms with Crippen LogP contribution in [0.2, 0.25) is 0 Å². The molecule has 2 saturated heterocycles. The summed E-state index contributed by atoms with van der Waals surface area (Å²) >= 11 is 0. The zero-order chi connectivity index (χ0) is 30.7. The molecule has 13 heteroatoms. The van der Waals surface area contributed by atoms with E-state index in [-0.39, 0.29) is 10.9 Å². The van der Waals surface area contributed by atoms with Crippen LogP contribution in [-0.4, -0.2) is 106 Å². The molecule has 0 amide bonds. The summed E-state index contributed by atoms with van der Waals surface area (Å²) in [7, 11) is 1.77. The van der Waals surface area contributed by atoms with Crippen molar-refractivity contribution in [2.75, 3.05) is 75.2 Å². The van der Waals surface area contributed by atoms with Crippen LogP contribution >= 0.6 is 0 Å². The fourth-order valence-corrected chi connectivity index (χ4v) is 6.72. The molecule has 0 radical (unpaired) electrons. The van der Waals surface area contributed by atoms with Gasteiger partial charge in [-0.1, -0.05) is 12.1 Å². The topological polar surface area (TPSA) is 124 Å². The Morgan fingerprint density at radius 1 is 0.953 bits per heavy atom. The smallest absolute Gasteiger partial charge is 0.240 e. The number of para-hydroxylation sites is 1. The van der Waals surface area contributed by atoms with Gasteiger partial charge in [-0.15, -0.1) is 0 Å². The Hall–Kier alpha value is -3.52. The van der Waals surface area contributed by atoms with Gasteiger partial charge in [0, 0.05) is 70.2 Å². The molecular formula is C30H43N9O3S. The van der Waals surface area contributed by atoms with Crippen molar-refractivity contribution in [1.82, 2.24) is 24.8 Å². The molecule has 1 aromatic heterocycles. The van der Waals surface area contributed by atoms with Gasteiger partial charge in [-0.05, 0) is 58.0 Å². The molecule has 2 aliphatic rings. The first-order valence-electron chi connectivity index (χ1n) is 14.8. The lowest BCUT2D eigenvalue weighted by Gasteiger charge is -2.42. The number of sulfonamides is 1. The van der Waals surface area contributed by atoms with Crippen LogP contribution in [-0.2, 0) is 10.0 Å². The molecule has 12 nitrogen and oxygen atoms in total. The van der Waals surface area contributed by atoms with Gasteiger partial charge >= 0.3 is 0 Å². The predicted molar refractivity (Wildman–Crippen MR) is 170 cm³/mol. The number of nitrogens with zero attached hydrogens (tertiary/aromatic N) is 8. The largest absolute Gasteiger partial charge is 0.494 e. The summed E-state index contributed by atoms with van der Waals surface area (Å²) < 4.78 is 30.5. The van der Waals surface area contributed by atoms with Gasteiger partial charge < -0.3 is 24.3 Å². The van der Waals surface area contributed by atoms with Crippen LogP contribution in [0, 0.1) is 0 Å². The van der Waals surface area contributed by atoms with Crippen LogP contribution in [0.15, 0.2) is 53.7 Å². The first-order valence-corrected chi connectivity index (χ1v) is 16.3. The fraction of sp³-hybridized carbons (Fsp3) is 0.500. The van der Waals surface area contributed by atoms with E-state index in [0.717, 1.165) is 63.5 Å². The lowest BCUT2D eigenvalue weighted by atomic mass is 10.0. The Morgan fingerprint density at radius 2 is 1.63 bits per heavy atom. The van der Waals surface area contributed by atoms with Gasteiger partial charge in [0.15, 0.2) is 0 Å². The molecule has 2 N–H and O–H groups in total. The average molecular weight is 610 g/mol. The standard InChI is InChI=1S/C30H43N9O3S/c1-22(2)39(26-8-6-7-9-28(26)43(31,40)41)30-33-21-32-29(34-30)36(4)25-11-10-24(20-27(25)42-5)37-14-12-23(13-15-37)38-18-16-35(3)17-19-38/h6-11,20-23H,12-19H2,1-5H3,(H2,31,40,41). The van der Waals surface area contributed by atoms with Crippen molar-refractivity contribution in [3.05, 3.63) is 48.8 Å². The van der Waals surface area contributed by atoms with E-state index in [0.29, 0.717) is 29.4 Å². The first kappa shape index (κ1) is 30.9. The third-order valence-corrected chi connectivity index (χ3v) is 9.38. The van der Waals surface area contributed by atoms with Gasteiger partial charge in [-0.2, -0.15) is 4.98 Å². The van der Waals surface area contributed by atoms with Crippen LogP contribution in [0.4, 0.5) is 29.0 Å². The summed E-state index contributed by atoms with van der Waals surface area (Å²) in [5.41, 5.74) is 2.34. The highest BCUT2D eigenvalue weighted by atomic mass is 32.2. The zero-order valence-electron chi connectivity index (χ0n) is 25.7. The third-order valence-electron chi connectivity index (χ3n) is 8.42. The second-order valence-electron chi connectivity index (χ2n) is 11.5. The lowest BCUT2D eigenvalue weighted by molar-refractivity contribution is 0.0982. The number of aromatic nitrogens is 3. The minimum absolute atomic E-state index is 0.00356. The molecule has 2 aliphatic heterocycles. The zero-order valence-corrected chi connectivity index (χ0v) is 26.5. The van der Waals surface area contributed by atoms with E-state index in [4.69, 9.17) is 14.9 Å². The van der Waals surface area contributed by atoms with Gasteiger partial charge in [0.1, 0.15) is 17.0 Å². The molecule has 3 heterocycles. The second kappa shape index (κ2) is 13.0. The van der Waals surface area contributed by atoms with Gasteiger partial charge in [0.25, 0.3) is 0 Å². The highest BCUT2D eigenvalue weighted by Gasteiger charge is 2.28. The van der Waals surface area contributed by atoms with Crippen molar-refractivity contribution in [3.8, 4) is 5.75 Å². The SMILES string of the molecule is COc1cc(N2CCC(N3CCN(C)CC3)CC2)ccc1N(C)c1ncnc(N(c2ccccc2S(N)(=O)=O)C(C)C)n1. The number of primary sulfonamides is 1. The van der Waals surface area contributed by atoms with Gasteiger partial charge in [-0.3, -0.25) is 4.90 Å². The summed E-state index contributed by atoms with van der Waals surface area (Å²) in [5.74, 6) is 1.41. The maximum atomic E-state index is 12.4. The van der Waals surface area contributed by atoms with E-state index in [9.17, 15) is 8.42 Å². The van der Waals surface area contributed by atoms with Crippen molar-refractivity contribution in [3.63, 3.8) is 0 Å². The molecule has 0 atom stereocenters. The Balaban J connectivity index is 1.35. The summed E-state index contributed by atoms with van der Waals surface area (Å²) in [4.78, 5) is 24.6. The van der Waals surface area contributed by atoms with Crippen molar-refractivity contribution < 1.29 is 13.2 Å². The number of hydrogen-bond donors (Lipinski definition) is 1. The molecule has 0 saturated carbocycles. The van der Waals surface area contributed by atoms with E-state index in [1.54, 1.807) is 30.2 Å². The minimum atomic E-state index is -3.97. The van der Waals surface area contributed by atoms with Crippen molar-refractivity contribution in [2.24, 2.45) is 5.14 Å². The van der Waals surface area contributed by atoms with Crippen molar-refractivity contribution >= 4 is 39.0 Å². The van der Waals surface area contributed by atoms with E-state index in [2.05, 4.69) is 43.8 Å². The predicted octanol–water partition coefficient (Wildman–Crippen LogP) is 3.06. The summed E-state index contributed by atoms with van der Waals surface area (Å²) in [6, 6.07) is 13.3. The number of anilines is 5. The number of piperazine rings is 1. The number of ether oxygens (including phenoxy) is 1. The highest BCUT2D eigenvalue weighted by Crippen LogP contribution is 2.37. The Bertz CT molecular complexity index is 1500. The maximum absolute atomic E-state index is 12.4. The van der Waals surface area contributed by atoms with Crippen molar-refractivity contribution in [1.29, 1.82) is 0 Å². The monoisotopic (exact) mass is 609 g/mol. The first-order chi connectivity index (χ1) is 20.6. The van der Waals surface area contributed by atoms with Crippen LogP contribution in [0.25, 0.3) is 0 Å². The van der Waals surface area contributed by atoms with E-state index < -0.39 is 10.0 Å². The molecule has 2 aromatic carbocycles. The summed E-state index contributed by atoms with van der Waals surface area (Å²) in [6.07, 6.45) is 3.74. The van der Waals surface area contributed by atoms with Gasteiger partial charge in [0.05, 0.1) is 18.5 Å². The second-order valence-corrected chi connectivity index (χ2v) is 13.1. The van der Waals surface area contributed by atoms with Crippen LogP contribution in [0.5, 0.6) is 5.75 Å². The quantitative estimate of drug-likeness (QED) is 0.385.